The van der Waals surface area contributed by atoms with Crippen LogP contribution in [0.15, 0.2) is 54.6 Å². The van der Waals surface area contributed by atoms with E-state index in [4.69, 9.17) is 4.74 Å². The Balaban J connectivity index is 1.90. The zero-order valence-electron chi connectivity index (χ0n) is 12.6. The van der Waals surface area contributed by atoms with Gasteiger partial charge in [0, 0.05) is 12.6 Å². The summed E-state index contributed by atoms with van der Waals surface area (Å²) >= 11 is 0. The van der Waals surface area contributed by atoms with Crippen LogP contribution in [-0.2, 0) is 6.54 Å². The van der Waals surface area contributed by atoms with E-state index in [0.717, 1.165) is 17.9 Å². The third-order valence-electron chi connectivity index (χ3n) is 3.48. The third kappa shape index (κ3) is 4.59. The Hall–Kier alpha value is -1.84. The van der Waals surface area contributed by atoms with Crippen LogP contribution >= 0.6 is 0 Å². The second kappa shape index (κ2) is 7.81. The molecular formula is C18H23NO2. The Morgan fingerprint density at radius 2 is 1.71 bits per heavy atom. The maximum Gasteiger partial charge on any atom is 0.119 e. The molecule has 0 spiro atoms. The van der Waals surface area contributed by atoms with Gasteiger partial charge in [-0.3, -0.25) is 0 Å². The van der Waals surface area contributed by atoms with Crippen LogP contribution in [0.3, 0.4) is 0 Å². The van der Waals surface area contributed by atoms with Crippen molar-refractivity contribution in [3.63, 3.8) is 0 Å². The predicted molar refractivity (Wildman–Crippen MR) is 85.3 cm³/mol. The molecule has 0 aromatic heterocycles. The van der Waals surface area contributed by atoms with Crippen LogP contribution in [0.1, 0.15) is 31.1 Å². The third-order valence-corrected chi connectivity index (χ3v) is 3.48. The fourth-order valence-electron chi connectivity index (χ4n) is 2.20. The largest absolute Gasteiger partial charge is 0.494 e. The first kappa shape index (κ1) is 15.5. The Bertz CT molecular complexity index is 525. The molecule has 2 unspecified atom stereocenters. The van der Waals surface area contributed by atoms with E-state index in [0.29, 0.717) is 6.61 Å². The summed E-state index contributed by atoms with van der Waals surface area (Å²) in [7, 11) is 0. The molecule has 0 aliphatic rings. The van der Waals surface area contributed by atoms with Crippen molar-refractivity contribution in [2.24, 2.45) is 0 Å². The topological polar surface area (TPSA) is 41.5 Å². The first-order chi connectivity index (χ1) is 10.2. The summed E-state index contributed by atoms with van der Waals surface area (Å²) in [4.78, 5) is 0. The van der Waals surface area contributed by atoms with Crippen LogP contribution in [0.25, 0.3) is 0 Å². The van der Waals surface area contributed by atoms with E-state index in [1.54, 1.807) is 0 Å². The summed E-state index contributed by atoms with van der Waals surface area (Å²) < 4.78 is 5.41. The minimum absolute atomic E-state index is 0.0249. The Labute approximate surface area is 126 Å². The molecule has 2 aromatic carbocycles. The van der Waals surface area contributed by atoms with Crippen molar-refractivity contribution in [1.29, 1.82) is 0 Å². The lowest BCUT2D eigenvalue weighted by atomic mass is 10.0. The average molecular weight is 285 g/mol. The van der Waals surface area contributed by atoms with Crippen molar-refractivity contribution in [2.45, 2.75) is 32.5 Å². The molecule has 0 saturated heterocycles. The van der Waals surface area contributed by atoms with E-state index in [9.17, 15) is 5.11 Å². The molecule has 2 atom stereocenters. The van der Waals surface area contributed by atoms with E-state index >= 15 is 0 Å². The molecule has 0 radical (unpaired) electrons. The second-order valence-electron chi connectivity index (χ2n) is 5.10. The van der Waals surface area contributed by atoms with Crippen LogP contribution in [0.2, 0.25) is 0 Å². The standard InChI is InChI=1S/C18H23NO2/c1-3-21-17-11-9-16(10-12-17)18(20)14(2)19-13-15-7-5-4-6-8-15/h4-12,14,18-20H,3,13H2,1-2H3. The lowest BCUT2D eigenvalue weighted by Gasteiger charge is -2.21. The van der Waals surface area contributed by atoms with Gasteiger partial charge in [0.1, 0.15) is 5.75 Å². The summed E-state index contributed by atoms with van der Waals surface area (Å²) in [5, 5.41) is 13.7. The number of aliphatic hydroxyl groups is 1. The van der Waals surface area contributed by atoms with Gasteiger partial charge in [-0.15, -0.1) is 0 Å². The Morgan fingerprint density at radius 1 is 1.05 bits per heavy atom. The number of nitrogens with one attached hydrogen (secondary N) is 1. The number of benzene rings is 2. The summed E-state index contributed by atoms with van der Waals surface area (Å²) in [5.41, 5.74) is 2.11. The van der Waals surface area contributed by atoms with Crippen molar-refractivity contribution >= 4 is 0 Å². The van der Waals surface area contributed by atoms with Crippen LogP contribution in [0.4, 0.5) is 0 Å². The number of ether oxygens (including phenoxy) is 1. The summed E-state index contributed by atoms with van der Waals surface area (Å²) in [6, 6.07) is 17.8. The molecule has 2 rings (SSSR count). The lowest BCUT2D eigenvalue weighted by Crippen LogP contribution is -2.31. The van der Waals surface area contributed by atoms with Gasteiger partial charge in [0.25, 0.3) is 0 Å². The molecule has 3 heteroatoms. The second-order valence-corrected chi connectivity index (χ2v) is 5.10. The molecule has 2 N–H and O–H groups in total. The van der Waals surface area contributed by atoms with Crippen LogP contribution < -0.4 is 10.1 Å². The highest BCUT2D eigenvalue weighted by Crippen LogP contribution is 2.20. The van der Waals surface area contributed by atoms with Gasteiger partial charge in [-0.05, 0) is 37.1 Å². The van der Waals surface area contributed by atoms with Gasteiger partial charge in [-0.1, -0.05) is 42.5 Å². The highest BCUT2D eigenvalue weighted by atomic mass is 16.5. The van der Waals surface area contributed by atoms with Crippen molar-refractivity contribution in [2.75, 3.05) is 6.61 Å². The molecular weight excluding hydrogens is 262 g/mol. The van der Waals surface area contributed by atoms with Crippen LogP contribution in [0, 0.1) is 0 Å². The normalized spacial score (nSPS) is 13.7. The van der Waals surface area contributed by atoms with Crippen molar-refractivity contribution in [1.82, 2.24) is 5.32 Å². The van der Waals surface area contributed by atoms with E-state index in [1.165, 1.54) is 5.56 Å². The highest BCUT2D eigenvalue weighted by Gasteiger charge is 2.15. The molecule has 0 aliphatic carbocycles. The first-order valence-electron chi connectivity index (χ1n) is 7.39. The monoisotopic (exact) mass is 285 g/mol. The molecule has 0 saturated carbocycles. The van der Waals surface area contributed by atoms with Gasteiger partial charge in [0.2, 0.25) is 0 Å². The predicted octanol–water partition coefficient (Wildman–Crippen LogP) is 3.30. The quantitative estimate of drug-likeness (QED) is 0.820. The minimum atomic E-state index is -0.538. The SMILES string of the molecule is CCOc1ccc(C(O)C(C)NCc2ccccc2)cc1. The van der Waals surface area contributed by atoms with Crippen molar-refractivity contribution in [3.05, 3.63) is 65.7 Å². The van der Waals surface area contributed by atoms with E-state index in [-0.39, 0.29) is 6.04 Å². The summed E-state index contributed by atoms with van der Waals surface area (Å²) in [6.07, 6.45) is -0.538. The van der Waals surface area contributed by atoms with Gasteiger partial charge in [0.15, 0.2) is 0 Å². The Morgan fingerprint density at radius 3 is 2.33 bits per heavy atom. The summed E-state index contributed by atoms with van der Waals surface area (Å²) in [5.74, 6) is 0.832. The number of hydrogen-bond acceptors (Lipinski definition) is 3. The molecule has 21 heavy (non-hydrogen) atoms. The average Bonchev–Trinajstić information content (AvgIpc) is 2.54. The number of rotatable bonds is 7. The van der Waals surface area contributed by atoms with Gasteiger partial charge in [0.05, 0.1) is 12.7 Å². The fourth-order valence-corrected chi connectivity index (χ4v) is 2.20. The van der Waals surface area contributed by atoms with Crippen LogP contribution in [0.5, 0.6) is 5.75 Å². The maximum absolute atomic E-state index is 10.4. The van der Waals surface area contributed by atoms with E-state index in [2.05, 4.69) is 17.4 Å². The molecule has 0 bridgehead atoms. The van der Waals surface area contributed by atoms with Gasteiger partial charge < -0.3 is 15.2 Å². The molecule has 0 aliphatic heterocycles. The van der Waals surface area contributed by atoms with Crippen molar-refractivity contribution in [3.8, 4) is 5.75 Å². The Kier molecular flexibility index (Phi) is 5.78. The zero-order chi connectivity index (χ0) is 15.1. The summed E-state index contributed by atoms with van der Waals surface area (Å²) in [6.45, 7) is 5.34. The molecule has 0 amide bonds. The van der Waals surface area contributed by atoms with Gasteiger partial charge >= 0.3 is 0 Å². The van der Waals surface area contributed by atoms with Crippen LogP contribution in [-0.4, -0.2) is 17.8 Å². The number of hydrogen-bond donors (Lipinski definition) is 2. The molecule has 0 heterocycles. The molecule has 112 valence electrons. The van der Waals surface area contributed by atoms with E-state index < -0.39 is 6.10 Å². The smallest absolute Gasteiger partial charge is 0.119 e. The number of aliphatic hydroxyl groups excluding tert-OH is 1. The molecule has 3 nitrogen and oxygen atoms in total. The molecule has 0 fully saturated rings. The van der Waals surface area contributed by atoms with E-state index in [1.807, 2.05) is 56.3 Å². The highest BCUT2D eigenvalue weighted by molar-refractivity contribution is 5.29. The van der Waals surface area contributed by atoms with Gasteiger partial charge in [-0.25, -0.2) is 0 Å². The first-order valence-corrected chi connectivity index (χ1v) is 7.39. The minimum Gasteiger partial charge on any atom is -0.494 e. The zero-order valence-corrected chi connectivity index (χ0v) is 12.6. The van der Waals surface area contributed by atoms with Gasteiger partial charge in [-0.2, -0.15) is 0 Å². The molecule has 2 aromatic rings. The maximum atomic E-state index is 10.4. The van der Waals surface area contributed by atoms with Crippen molar-refractivity contribution < 1.29 is 9.84 Å². The lowest BCUT2D eigenvalue weighted by molar-refractivity contribution is 0.135. The fraction of sp³-hybridized carbons (Fsp3) is 0.333.